The Balaban J connectivity index is 2.35. The van der Waals surface area contributed by atoms with Crippen molar-refractivity contribution in [3.8, 4) is 0 Å². The molecule has 0 aliphatic carbocycles. The van der Waals surface area contributed by atoms with Gasteiger partial charge in [-0.3, -0.25) is 4.79 Å². The summed E-state index contributed by atoms with van der Waals surface area (Å²) in [6.45, 7) is -0.571. The molecule has 2 N–H and O–H groups in total. The van der Waals surface area contributed by atoms with Crippen LogP contribution in [0.5, 0.6) is 0 Å². The van der Waals surface area contributed by atoms with E-state index < -0.39 is 24.9 Å². The monoisotopic (exact) mass is 273 g/mol. The van der Waals surface area contributed by atoms with Crippen LogP contribution in [0.15, 0.2) is 24.3 Å². The van der Waals surface area contributed by atoms with Gasteiger partial charge in [-0.15, -0.1) is 0 Å². The second kappa shape index (κ2) is 7.42. The zero-order valence-corrected chi connectivity index (χ0v) is 9.94. The van der Waals surface area contributed by atoms with Gasteiger partial charge < -0.3 is 15.2 Å². The molecule has 0 radical (unpaired) electrons. The molecule has 1 aromatic carbocycles. The van der Waals surface area contributed by atoms with Crippen LogP contribution in [0.1, 0.15) is 20.7 Å². The minimum Gasteiger partial charge on any atom is -0.478 e. The summed E-state index contributed by atoms with van der Waals surface area (Å²) in [6.07, 6.45) is -2.53. The van der Waals surface area contributed by atoms with Gasteiger partial charge in [-0.2, -0.15) is 0 Å². The quantitative estimate of drug-likeness (QED) is 0.736. The SMILES string of the molecule is O=C(O)c1ccc(C(=O)NCCOCC(F)F)cc1. The highest BCUT2D eigenvalue weighted by atomic mass is 19.3. The van der Waals surface area contributed by atoms with Crippen LogP contribution in [0.3, 0.4) is 0 Å². The van der Waals surface area contributed by atoms with Crippen LogP contribution in [-0.2, 0) is 4.74 Å². The number of hydrogen-bond acceptors (Lipinski definition) is 3. The molecule has 0 unspecified atom stereocenters. The average molecular weight is 273 g/mol. The van der Waals surface area contributed by atoms with Crippen LogP contribution >= 0.6 is 0 Å². The lowest BCUT2D eigenvalue weighted by molar-refractivity contribution is 0.0188. The smallest absolute Gasteiger partial charge is 0.335 e. The Morgan fingerprint density at radius 2 is 1.79 bits per heavy atom. The maximum Gasteiger partial charge on any atom is 0.335 e. The fourth-order valence-electron chi connectivity index (χ4n) is 1.28. The van der Waals surface area contributed by atoms with Crippen molar-refractivity contribution < 1.29 is 28.2 Å². The van der Waals surface area contributed by atoms with Crippen molar-refractivity contribution in [3.63, 3.8) is 0 Å². The number of carboxylic acids is 1. The number of carboxylic acid groups (broad SMARTS) is 1. The number of aromatic carboxylic acids is 1. The number of ether oxygens (including phenoxy) is 1. The van der Waals surface area contributed by atoms with Crippen LogP contribution in [-0.4, -0.2) is 43.2 Å². The van der Waals surface area contributed by atoms with Crippen LogP contribution < -0.4 is 5.32 Å². The van der Waals surface area contributed by atoms with Crippen molar-refractivity contribution in [2.24, 2.45) is 0 Å². The summed E-state index contributed by atoms with van der Waals surface area (Å²) in [5.74, 6) is -1.50. The molecule has 0 aliphatic heterocycles. The van der Waals surface area contributed by atoms with E-state index in [0.29, 0.717) is 5.56 Å². The molecule has 0 aliphatic rings. The molecule has 1 aromatic rings. The normalized spacial score (nSPS) is 10.5. The molecule has 1 rings (SSSR count). The van der Waals surface area contributed by atoms with E-state index in [0.717, 1.165) is 0 Å². The van der Waals surface area contributed by atoms with Gasteiger partial charge in [-0.05, 0) is 24.3 Å². The van der Waals surface area contributed by atoms with Gasteiger partial charge in [-0.25, -0.2) is 13.6 Å². The van der Waals surface area contributed by atoms with Crippen molar-refractivity contribution >= 4 is 11.9 Å². The standard InChI is InChI=1S/C12H13F2NO4/c13-10(14)7-19-6-5-15-11(16)8-1-3-9(4-2-8)12(17)18/h1-4,10H,5-7H2,(H,15,16)(H,17,18). The maximum absolute atomic E-state index is 11.7. The van der Waals surface area contributed by atoms with E-state index in [1.54, 1.807) is 0 Å². The van der Waals surface area contributed by atoms with Crippen LogP contribution in [0.4, 0.5) is 8.78 Å². The van der Waals surface area contributed by atoms with Gasteiger partial charge in [0, 0.05) is 12.1 Å². The predicted octanol–water partition coefficient (Wildman–Crippen LogP) is 1.40. The summed E-state index contributed by atoms with van der Waals surface area (Å²) in [6, 6.07) is 5.37. The van der Waals surface area contributed by atoms with Crippen molar-refractivity contribution in [2.75, 3.05) is 19.8 Å². The minimum atomic E-state index is -2.53. The van der Waals surface area contributed by atoms with Crippen LogP contribution in [0.25, 0.3) is 0 Å². The molecule has 0 saturated carbocycles. The molecule has 0 heterocycles. The van der Waals surface area contributed by atoms with Gasteiger partial charge in [0.25, 0.3) is 12.3 Å². The first kappa shape index (κ1) is 15.0. The van der Waals surface area contributed by atoms with Gasteiger partial charge in [0.2, 0.25) is 0 Å². The number of benzene rings is 1. The molecule has 19 heavy (non-hydrogen) atoms. The van der Waals surface area contributed by atoms with Gasteiger partial charge in [0.1, 0.15) is 6.61 Å². The lowest BCUT2D eigenvalue weighted by atomic mass is 10.1. The number of amides is 1. The van der Waals surface area contributed by atoms with Crippen molar-refractivity contribution in [2.45, 2.75) is 6.43 Å². The van der Waals surface area contributed by atoms with E-state index >= 15 is 0 Å². The molecule has 0 fully saturated rings. The van der Waals surface area contributed by atoms with E-state index in [9.17, 15) is 18.4 Å². The van der Waals surface area contributed by atoms with Crippen LogP contribution in [0.2, 0.25) is 0 Å². The van der Waals surface area contributed by atoms with E-state index in [-0.39, 0.29) is 18.7 Å². The highest BCUT2D eigenvalue weighted by Crippen LogP contribution is 2.04. The van der Waals surface area contributed by atoms with E-state index in [2.05, 4.69) is 10.1 Å². The van der Waals surface area contributed by atoms with Gasteiger partial charge in [0.05, 0.1) is 12.2 Å². The molecule has 0 bridgehead atoms. The number of alkyl halides is 2. The third-order valence-electron chi connectivity index (χ3n) is 2.17. The summed E-state index contributed by atoms with van der Waals surface area (Å²) >= 11 is 0. The molecule has 1 amide bonds. The van der Waals surface area contributed by atoms with Crippen molar-refractivity contribution in [1.29, 1.82) is 0 Å². The zero-order valence-electron chi connectivity index (χ0n) is 9.94. The van der Waals surface area contributed by atoms with Crippen molar-refractivity contribution in [3.05, 3.63) is 35.4 Å². The molecular formula is C12H13F2NO4. The lowest BCUT2D eigenvalue weighted by Crippen LogP contribution is -2.27. The lowest BCUT2D eigenvalue weighted by Gasteiger charge is -2.06. The highest BCUT2D eigenvalue weighted by molar-refractivity contribution is 5.95. The van der Waals surface area contributed by atoms with E-state index in [1.807, 2.05) is 0 Å². The Hall–Kier alpha value is -2.02. The molecule has 104 valence electrons. The number of carbonyl (C=O) groups is 2. The van der Waals surface area contributed by atoms with Gasteiger partial charge in [0.15, 0.2) is 0 Å². The summed E-state index contributed by atoms with van der Waals surface area (Å²) in [7, 11) is 0. The maximum atomic E-state index is 11.7. The minimum absolute atomic E-state index is 0.0106. The first-order valence-electron chi connectivity index (χ1n) is 5.48. The second-order valence-corrected chi connectivity index (χ2v) is 3.60. The zero-order chi connectivity index (χ0) is 14.3. The van der Waals surface area contributed by atoms with Crippen molar-refractivity contribution in [1.82, 2.24) is 5.32 Å². The van der Waals surface area contributed by atoms with Crippen LogP contribution in [0, 0.1) is 0 Å². The second-order valence-electron chi connectivity index (χ2n) is 3.60. The van der Waals surface area contributed by atoms with Gasteiger partial charge >= 0.3 is 5.97 Å². The molecule has 0 saturated heterocycles. The Kier molecular flexibility index (Phi) is 5.87. The first-order valence-corrected chi connectivity index (χ1v) is 5.48. The molecule has 0 atom stereocenters. The fourth-order valence-corrected chi connectivity index (χ4v) is 1.28. The number of halogens is 2. The molecule has 0 spiro atoms. The summed E-state index contributed by atoms with van der Waals surface area (Å²) in [5.41, 5.74) is 0.371. The third-order valence-corrected chi connectivity index (χ3v) is 2.17. The fraction of sp³-hybridized carbons (Fsp3) is 0.333. The third kappa shape index (κ3) is 5.43. The molecule has 7 heteroatoms. The summed E-state index contributed by atoms with van der Waals surface area (Å²) in [5, 5.41) is 11.1. The largest absolute Gasteiger partial charge is 0.478 e. The first-order chi connectivity index (χ1) is 9.00. The van der Waals surface area contributed by atoms with Gasteiger partial charge in [-0.1, -0.05) is 0 Å². The Morgan fingerprint density at radius 1 is 1.21 bits per heavy atom. The summed E-state index contributed by atoms with van der Waals surface area (Å²) in [4.78, 5) is 22.2. The Morgan fingerprint density at radius 3 is 2.32 bits per heavy atom. The number of nitrogens with one attached hydrogen (secondary N) is 1. The summed E-state index contributed by atoms with van der Waals surface area (Å²) < 4.78 is 28.0. The number of carbonyl (C=O) groups excluding carboxylic acids is 1. The molecule has 0 aromatic heterocycles. The molecule has 5 nitrogen and oxygen atoms in total. The molecular weight excluding hydrogens is 260 g/mol. The number of rotatable bonds is 7. The Labute approximate surface area is 108 Å². The number of hydrogen-bond donors (Lipinski definition) is 2. The van der Waals surface area contributed by atoms with E-state index in [4.69, 9.17) is 5.11 Å². The predicted molar refractivity (Wildman–Crippen MR) is 62.6 cm³/mol. The highest BCUT2D eigenvalue weighted by Gasteiger charge is 2.07. The Bertz CT molecular complexity index is 434. The average Bonchev–Trinajstić information content (AvgIpc) is 2.37. The van der Waals surface area contributed by atoms with E-state index in [1.165, 1.54) is 24.3 Å². The topological polar surface area (TPSA) is 75.6 Å².